The minimum atomic E-state index is -4.56. The van der Waals surface area contributed by atoms with Gasteiger partial charge >= 0.3 is 12.1 Å². The molecular weight excluding hydrogens is 467 g/mol. The van der Waals surface area contributed by atoms with E-state index in [0.717, 1.165) is 29.6 Å². The van der Waals surface area contributed by atoms with Gasteiger partial charge in [-0.3, -0.25) is 9.59 Å². The molecule has 1 aromatic heterocycles. The summed E-state index contributed by atoms with van der Waals surface area (Å²) in [6.45, 7) is 2.08. The smallest absolute Gasteiger partial charge is 0.406 e. The average Bonchev–Trinajstić information content (AvgIpc) is 3.16. The zero-order valence-corrected chi connectivity index (χ0v) is 19.4. The summed E-state index contributed by atoms with van der Waals surface area (Å²) >= 11 is 0. The van der Waals surface area contributed by atoms with Crippen molar-refractivity contribution in [2.45, 2.75) is 38.9 Å². The van der Waals surface area contributed by atoms with Crippen molar-refractivity contribution in [3.8, 4) is 5.75 Å². The van der Waals surface area contributed by atoms with Crippen LogP contribution < -0.4 is 15.5 Å². The Balaban J connectivity index is 1.46. The Kier molecular flexibility index (Phi) is 7.37. The van der Waals surface area contributed by atoms with Gasteiger partial charge in [0.25, 0.3) is 0 Å². The summed E-state index contributed by atoms with van der Waals surface area (Å²) in [4.78, 5) is 30.1. The summed E-state index contributed by atoms with van der Waals surface area (Å²) in [6.07, 6.45) is -2.25. The molecule has 1 unspecified atom stereocenters. The largest absolute Gasteiger partial charge is 0.493 e. The lowest BCUT2D eigenvalue weighted by Gasteiger charge is -2.25. The second-order valence-corrected chi connectivity index (χ2v) is 8.51. The predicted octanol–water partition coefficient (Wildman–Crippen LogP) is 2.49. The second kappa shape index (κ2) is 10.4. The van der Waals surface area contributed by atoms with Gasteiger partial charge in [0.2, 0.25) is 11.9 Å². The maximum absolute atomic E-state index is 13.2. The lowest BCUT2D eigenvalue weighted by Crippen LogP contribution is -2.41. The molecule has 2 aliphatic heterocycles. The van der Waals surface area contributed by atoms with E-state index in [4.69, 9.17) is 9.47 Å². The number of hydrogen-bond donors (Lipinski definition) is 2. The normalized spacial score (nSPS) is 17.5. The molecule has 3 heterocycles. The summed E-state index contributed by atoms with van der Waals surface area (Å²) in [5, 5.41) is 3.18. The van der Waals surface area contributed by atoms with Crippen LogP contribution in [0, 0.1) is 5.92 Å². The van der Waals surface area contributed by atoms with Crippen LogP contribution in [0.2, 0.25) is 0 Å². The summed E-state index contributed by atoms with van der Waals surface area (Å²) in [6, 6.07) is 5.14. The van der Waals surface area contributed by atoms with Gasteiger partial charge in [0.1, 0.15) is 12.3 Å². The van der Waals surface area contributed by atoms with Crippen molar-refractivity contribution < 1.29 is 32.2 Å². The minimum absolute atomic E-state index is 0.137. The van der Waals surface area contributed by atoms with E-state index in [-0.39, 0.29) is 26.0 Å². The van der Waals surface area contributed by atoms with E-state index in [1.165, 1.54) is 0 Å². The number of amides is 1. The number of fused-ring (bicyclic) bond motifs is 2. The van der Waals surface area contributed by atoms with Crippen molar-refractivity contribution in [3.05, 3.63) is 41.2 Å². The van der Waals surface area contributed by atoms with E-state index in [1.807, 2.05) is 10.9 Å². The third kappa shape index (κ3) is 6.37. The topological polar surface area (TPSA) is 97.7 Å². The van der Waals surface area contributed by atoms with Crippen molar-refractivity contribution in [2.75, 3.05) is 43.6 Å². The van der Waals surface area contributed by atoms with Crippen molar-refractivity contribution in [2.24, 2.45) is 5.92 Å². The van der Waals surface area contributed by atoms with Crippen molar-refractivity contribution >= 4 is 17.8 Å². The molecular formula is C23H28F3N5O4. The van der Waals surface area contributed by atoms with Gasteiger partial charge in [-0.25, -0.2) is 9.66 Å². The zero-order chi connectivity index (χ0) is 25.0. The number of alkyl halides is 3. The molecule has 0 bridgehead atoms. The lowest BCUT2D eigenvalue weighted by molar-refractivity contribution is -0.165. The third-order valence-electron chi connectivity index (χ3n) is 5.83. The van der Waals surface area contributed by atoms with Crippen molar-refractivity contribution in [1.82, 2.24) is 14.6 Å². The number of ether oxygens (including phenoxy) is 2. The van der Waals surface area contributed by atoms with Gasteiger partial charge in [-0.05, 0) is 36.6 Å². The molecule has 35 heavy (non-hydrogen) atoms. The molecule has 0 radical (unpaired) electrons. The molecule has 0 saturated carbocycles. The second-order valence-electron chi connectivity index (χ2n) is 8.51. The molecule has 1 amide bonds. The van der Waals surface area contributed by atoms with Crippen molar-refractivity contribution in [1.29, 1.82) is 0 Å². The fraction of sp³-hybridized carbons (Fsp3) is 0.522. The number of rotatable bonds is 8. The average molecular weight is 496 g/mol. The van der Waals surface area contributed by atoms with Crippen LogP contribution in [0.3, 0.4) is 0 Å². The number of benzene rings is 1. The van der Waals surface area contributed by atoms with Gasteiger partial charge in [0, 0.05) is 26.1 Å². The number of carbonyl (C=O) groups excluding carboxylic acids is 2. The summed E-state index contributed by atoms with van der Waals surface area (Å²) in [5.74, 6) is -0.999. The van der Waals surface area contributed by atoms with Crippen LogP contribution in [0.1, 0.15) is 30.2 Å². The number of hydrogen-bond acceptors (Lipinski definition) is 7. The summed E-state index contributed by atoms with van der Waals surface area (Å²) in [7, 11) is 0. The van der Waals surface area contributed by atoms with Crippen LogP contribution in [-0.2, 0) is 33.7 Å². The predicted molar refractivity (Wildman–Crippen MR) is 121 cm³/mol. The van der Waals surface area contributed by atoms with E-state index < -0.39 is 30.5 Å². The number of aromatic nitrogens is 2. The number of nitrogens with one attached hydrogen (secondary N) is 2. The Morgan fingerprint density at radius 2 is 2.09 bits per heavy atom. The Labute approximate surface area is 200 Å². The van der Waals surface area contributed by atoms with Gasteiger partial charge in [0.15, 0.2) is 0 Å². The highest BCUT2D eigenvalue weighted by molar-refractivity contribution is 5.84. The molecule has 2 N–H and O–H groups in total. The van der Waals surface area contributed by atoms with Crippen LogP contribution in [0.4, 0.5) is 19.1 Å². The first-order chi connectivity index (χ1) is 16.7. The summed E-state index contributed by atoms with van der Waals surface area (Å²) in [5.41, 5.74) is 5.30. The van der Waals surface area contributed by atoms with Gasteiger partial charge in [-0.2, -0.15) is 13.2 Å². The standard InChI is InChI=1S/C23H28F3N5O4/c1-2-34-20(32)11-16-9-15-3-4-19(10-17(15)12-30(21(16)33)14-23(24,25)26)35-8-5-18-13-31-22(29-18)27-6-7-28-31/h3-4,10,13,16,28H,2,5-9,11-12,14H2,1H3,(H,27,29). The fourth-order valence-electron chi connectivity index (χ4n) is 4.28. The fourth-order valence-corrected chi connectivity index (χ4v) is 4.28. The molecule has 0 aliphatic carbocycles. The molecule has 0 fully saturated rings. The molecule has 12 heteroatoms. The maximum Gasteiger partial charge on any atom is 0.406 e. The van der Waals surface area contributed by atoms with Gasteiger partial charge in [-0.1, -0.05) is 6.07 Å². The molecule has 9 nitrogen and oxygen atoms in total. The molecule has 1 aromatic carbocycles. The van der Waals surface area contributed by atoms with Crippen LogP contribution >= 0.6 is 0 Å². The van der Waals surface area contributed by atoms with E-state index in [9.17, 15) is 22.8 Å². The number of esters is 1. The highest BCUT2D eigenvalue weighted by atomic mass is 19.4. The molecule has 190 valence electrons. The number of anilines is 1. The Morgan fingerprint density at radius 3 is 2.83 bits per heavy atom. The molecule has 2 aliphatic rings. The first-order valence-corrected chi connectivity index (χ1v) is 11.5. The van der Waals surface area contributed by atoms with E-state index in [0.29, 0.717) is 29.9 Å². The first kappa shape index (κ1) is 24.7. The van der Waals surface area contributed by atoms with Crippen LogP contribution in [0.25, 0.3) is 0 Å². The SMILES string of the molecule is CCOC(=O)CC1Cc2ccc(OCCc3cn4c(n3)NCCN4)cc2CN(CC(F)(F)F)C1=O. The van der Waals surface area contributed by atoms with Crippen molar-refractivity contribution in [3.63, 3.8) is 0 Å². The highest BCUT2D eigenvalue weighted by Crippen LogP contribution is 2.30. The van der Waals surface area contributed by atoms with Crippen LogP contribution in [0.15, 0.2) is 24.4 Å². The molecule has 2 aromatic rings. The summed E-state index contributed by atoms with van der Waals surface area (Å²) < 4.78 is 52.2. The lowest BCUT2D eigenvalue weighted by atomic mass is 9.94. The van der Waals surface area contributed by atoms with Crippen LogP contribution in [0.5, 0.6) is 5.75 Å². The highest BCUT2D eigenvalue weighted by Gasteiger charge is 2.38. The zero-order valence-electron chi connectivity index (χ0n) is 19.4. The minimum Gasteiger partial charge on any atom is -0.493 e. The quantitative estimate of drug-likeness (QED) is 0.543. The Bertz CT molecular complexity index is 1050. The Morgan fingerprint density at radius 1 is 1.26 bits per heavy atom. The monoisotopic (exact) mass is 495 g/mol. The number of carbonyl (C=O) groups is 2. The Hall–Kier alpha value is -3.44. The van der Waals surface area contributed by atoms with Gasteiger partial charge in [0.05, 0.1) is 37.4 Å². The number of imidazole rings is 1. The van der Waals surface area contributed by atoms with E-state index in [2.05, 4.69) is 15.7 Å². The number of halogens is 3. The third-order valence-corrected chi connectivity index (χ3v) is 5.83. The molecule has 1 atom stereocenters. The van der Waals surface area contributed by atoms with E-state index in [1.54, 1.807) is 25.1 Å². The van der Waals surface area contributed by atoms with Crippen LogP contribution in [-0.4, -0.2) is 65.5 Å². The number of nitrogens with zero attached hydrogens (tertiary/aromatic N) is 3. The maximum atomic E-state index is 13.2. The molecule has 4 rings (SSSR count). The first-order valence-electron chi connectivity index (χ1n) is 11.5. The van der Waals surface area contributed by atoms with Gasteiger partial charge < -0.3 is 25.1 Å². The van der Waals surface area contributed by atoms with Gasteiger partial charge in [-0.15, -0.1) is 0 Å². The molecule has 0 spiro atoms. The molecule has 0 saturated heterocycles. The van der Waals surface area contributed by atoms with E-state index >= 15 is 0 Å².